The SMILES string of the molecule is OB(O)c1ccc2c(c1)c1cc3ccccc3cc1n2-c1cccc(-c2ccccc2)c1. The van der Waals surface area contributed by atoms with Gasteiger partial charge in [0.2, 0.25) is 0 Å². The van der Waals surface area contributed by atoms with E-state index in [1.807, 2.05) is 24.3 Å². The second-order valence-corrected chi connectivity index (χ2v) is 8.12. The van der Waals surface area contributed by atoms with Crippen molar-refractivity contribution in [1.82, 2.24) is 4.57 Å². The molecular formula is C28H20BNO2. The van der Waals surface area contributed by atoms with Gasteiger partial charge in [-0.05, 0) is 57.7 Å². The number of aromatic nitrogens is 1. The third-order valence-corrected chi connectivity index (χ3v) is 6.17. The van der Waals surface area contributed by atoms with Crippen LogP contribution in [-0.2, 0) is 0 Å². The largest absolute Gasteiger partial charge is 0.488 e. The molecule has 1 aromatic heterocycles. The van der Waals surface area contributed by atoms with E-state index in [1.165, 1.54) is 10.9 Å². The number of hydrogen-bond acceptors (Lipinski definition) is 2. The van der Waals surface area contributed by atoms with Crippen LogP contribution in [-0.4, -0.2) is 21.7 Å². The van der Waals surface area contributed by atoms with Crippen molar-refractivity contribution in [2.24, 2.45) is 0 Å². The number of nitrogens with zero attached hydrogens (tertiary/aromatic N) is 1. The van der Waals surface area contributed by atoms with Gasteiger partial charge in [0.05, 0.1) is 11.0 Å². The van der Waals surface area contributed by atoms with Crippen molar-refractivity contribution in [3.63, 3.8) is 0 Å². The first kappa shape index (κ1) is 18.9. The van der Waals surface area contributed by atoms with Gasteiger partial charge in [-0.15, -0.1) is 0 Å². The molecule has 0 saturated carbocycles. The van der Waals surface area contributed by atoms with E-state index >= 15 is 0 Å². The fourth-order valence-electron chi connectivity index (χ4n) is 4.62. The molecule has 0 amide bonds. The normalized spacial score (nSPS) is 11.4. The fraction of sp³-hybridized carbons (Fsp3) is 0. The molecule has 5 aromatic carbocycles. The molecule has 3 nitrogen and oxygen atoms in total. The Morgan fingerprint density at radius 2 is 1.22 bits per heavy atom. The Morgan fingerprint density at radius 1 is 0.531 bits per heavy atom. The summed E-state index contributed by atoms with van der Waals surface area (Å²) < 4.78 is 2.26. The minimum Gasteiger partial charge on any atom is -0.423 e. The summed E-state index contributed by atoms with van der Waals surface area (Å²) in [6, 6.07) is 37.3. The van der Waals surface area contributed by atoms with Gasteiger partial charge < -0.3 is 14.6 Å². The molecule has 6 aromatic rings. The van der Waals surface area contributed by atoms with E-state index in [-0.39, 0.29) is 0 Å². The molecule has 0 aliphatic rings. The Morgan fingerprint density at radius 3 is 2.00 bits per heavy atom. The van der Waals surface area contributed by atoms with Crippen LogP contribution in [0.2, 0.25) is 0 Å². The van der Waals surface area contributed by atoms with Gasteiger partial charge in [-0.1, -0.05) is 78.9 Å². The van der Waals surface area contributed by atoms with Gasteiger partial charge >= 0.3 is 7.12 Å². The second-order valence-electron chi connectivity index (χ2n) is 8.12. The van der Waals surface area contributed by atoms with Gasteiger partial charge in [-0.2, -0.15) is 0 Å². The number of rotatable bonds is 3. The third kappa shape index (κ3) is 3.01. The summed E-state index contributed by atoms with van der Waals surface area (Å²) in [6.07, 6.45) is 0. The summed E-state index contributed by atoms with van der Waals surface area (Å²) in [5.74, 6) is 0. The van der Waals surface area contributed by atoms with Crippen LogP contribution in [0.1, 0.15) is 0 Å². The molecule has 6 rings (SSSR count). The van der Waals surface area contributed by atoms with Gasteiger partial charge in [0, 0.05) is 16.5 Å². The van der Waals surface area contributed by atoms with E-state index in [0.29, 0.717) is 5.46 Å². The molecule has 32 heavy (non-hydrogen) atoms. The Kier molecular flexibility index (Phi) is 4.35. The van der Waals surface area contributed by atoms with E-state index in [1.54, 1.807) is 6.07 Å². The van der Waals surface area contributed by atoms with Gasteiger partial charge in [0.15, 0.2) is 0 Å². The van der Waals surface area contributed by atoms with Gasteiger partial charge in [-0.3, -0.25) is 0 Å². The lowest BCUT2D eigenvalue weighted by atomic mass is 9.80. The maximum Gasteiger partial charge on any atom is 0.488 e. The molecule has 2 N–H and O–H groups in total. The number of benzene rings is 5. The smallest absolute Gasteiger partial charge is 0.423 e. The van der Waals surface area contributed by atoms with E-state index in [0.717, 1.165) is 38.4 Å². The first-order valence-electron chi connectivity index (χ1n) is 10.7. The van der Waals surface area contributed by atoms with Crippen molar-refractivity contribution in [2.75, 3.05) is 0 Å². The molecule has 4 heteroatoms. The van der Waals surface area contributed by atoms with Crippen molar-refractivity contribution in [1.29, 1.82) is 0 Å². The topological polar surface area (TPSA) is 45.4 Å². The summed E-state index contributed by atoms with van der Waals surface area (Å²) in [7, 11) is -1.50. The van der Waals surface area contributed by atoms with Crippen LogP contribution in [0.25, 0.3) is 49.4 Å². The zero-order valence-corrected chi connectivity index (χ0v) is 17.3. The molecule has 0 aliphatic carbocycles. The highest BCUT2D eigenvalue weighted by atomic mass is 16.4. The lowest BCUT2D eigenvalue weighted by Crippen LogP contribution is -2.29. The van der Waals surface area contributed by atoms with Crippen molar-refractivity contribution >= 4 is 45.2 Å². The van der Waals surface area contributed by atoms with Gasteiger partial charge in [0.25, 0.3) is 0 Å². The Balaban J connectivity index is 1.69. The van der Waals surface area contributed by atoms with Crippen LogP contribution in [0.5, 0.6) is 0 Å². The fourth-order valence-corrected chi connectivity index (χ4v) is 4.62. The highest BCUT2D eigenvalue weighted by Crippen LogP contribution is 2.35. The number of fused-ring (bicyclic) bond motifs is 4. The van der Waals surface area contributed by atoms with Crippen LogP contribution in [0.15, 0.2) is 109 Å². The average molecular weight is 413 g/mol. The Hall–Kier alpha value is -3.86. The third-order valence-electron chi connectivity index (χ3n) is 6.17. The molecule has 0 spiro atoms. The lowest BCUT2D eigenvalue weighted by Gasteiger charge is -2.11. The highest BCUT2D eigenvalue weighted by molar-refractivity contribution is 6.59. The van der Waals surface area contributed by atoms with Crippen LogP contribution in [0.3, 0.4) is 0 Å². The second kappa shape index (κ2) is 7.38. The molecule has 0 saturated heterocycles. The average Bonchev–Trinajstić information content (AvgIpc) is 3.15. The van der Waals surface area contributed by atoms with Crippen molar-refractivity contribution in [3.05, 3.63) is 109 Å². The first-order chi connectivity index (χ1) is 15.7. The first-order valence-corrected chi connectivity index (χ1v) is 10.7. The predicted octanol–water partition coefficient (Wildman–Crippen LogP) is 5.28. The minimum absolute atomic E-state index is 0.489. The van der Waals surface area contributed by atoms with Crippen LogP contribution in [0.4, 0.5) is 0 Å². The van der Waals surface area contributed by atoms with Crippen molar-refractivity contribution in [2.45, 2.75) is 0 Å². The highest BCUT2D eigenvalue weighted by Gasteiger charge is 2.17. The summed E-state index contributed by atoms with van der Waals surface area (Å²) in [6.45, 7) is 0. The minimum atomic E-state index is -1.50. The summed E-state index contributed by atoms with van der Waals surface area (Å²) in [5.41, 5.74) is 6.01. The van der Waals surface area contributed by atoms with Crippen LogP contribution < -0.4 is 5.46 Å². The van der Waals surface area contributed by atoms with Crippen LogP contribution >= 0.6 is 0 Å². The predicted molar refractivity (Wildman–Crippen MR) is 134 cm³/mol. The number of hydrogen-bond donors (Lipinski definition) is 2. The van der Waals surface area contributed by atoms with Crippen molar-refractivity contribution < 1.29 is 10.0 Å². The molecule has 0 atom stereocenters. The maximum absolute atomic E-state index is 9.76. The molecule has 0 unspecified atom stereocenters. The monoisotopic (exact) mass is 413 g/mol. The quantitative estimate of drug-likeness (QED) is 0.388. The van der Waals surface area contributed by atoms with E-state index in [2.05, 4.69) is 83.4 Å². The van der Waals surface area contributed by atoms with Crippen molar-refractivity contribution in [3.8, 4) is 16.8 Å². The zero-order valence-electron chi connectivity index (χ0n) is 17.3. The summed E-state index contributed by atoms with van der Waals surface area (Å²) in [4.78, 5) is 0. The molecule has 0 bridgehead atoms. The zero-order chi connectivity index (χ0) is 21.7. The Labute approximate surface area is 185 Å². The van der Waals surface area contributed by atoms with Crippen LogP contribution in [0, 0.1) is 0 Å². The molecule has 0 fully saturated rings. The molecule has 152 valence electrons. The van der Waals surface area contributed by atoms with Gasteiger partial charge in [-0.25, -0.2) is 0 Å². The van der Waals surface area contributed by atoms with Gasteiger partial charge in [0.1, 0.15) is 0 Å². The van der Waals surface area contributed by atoms with E-state index in [4.69, 9.17) is 0 Å². The molecule has 0 aliphatic heterocycles. The summed E-state index contributed by atoms with van der Waals surface area (Å²) >= 11 is 0. The molecule has 1 heterocycles. The van der Waals surface area contributed by atoms with E-state index < -0.39 is 7.12 Å². The molecular weight excluding hydrogens is 393 g/mol. The standard InChI is InChI=1S/C28H20BNO2/c31-29(32)23-13-14-27-26(18-23)25-16-21-9-4-5-10-22(21)17-28(25)30(27)24-12-6-11-20(15-24)19-7-2-1-3-8-19/h1-18,31-32H. The Bertz CT molecular complexity index is 1600. The lowest BCUT2D eigenvalue weighted by molar-refractivity contribution is 0.426. The van der Waals surface area contributed by atoms with E-state index in [9.17, 15) is 10.0 Å². The summed E-state index contributed by atoms with van der Waals surface area (Å²) in [5, 5.41) is 23.9. The maximum atomic E-state index is 9.76. The molecule has 0 radical (unpaired) electrons.